The Balaban J connectivity index is 1.38. The molecule has 33 heavy (non-hydrogen) atoms. The number of imide groups is 1. The van der Waals surface area contributed by atoms with E-state index in [0.29, 0.717) is 22.2 Å². The number of nitrogens with one attached hydrogen (secondary N) is 1. The van der Waals surface area contributed by atoms with Crippen LogP contribution in [-0.2, 0) is 16.1 Å². The van der Waals surface area contributed by atoms with E-state index in [1.54, 1.807) is 24.3 Å². The fourth-order valence-corrected chi connectivity index (χ4v) is 3.53. The van der Waals surface area contributed by atoms with Gasteiger partial charge in [0.05, 0.1) is 41.6 Å². The van der Waals surface area contributed by atoms with Crippen molar-refractivity contribution in [2.24, 2.45) is 0 Å². The minimum Gasteiger partial charge on any atom is -0.495 e. The Labute approximate surface area is 192 Å². The van der Waals surface area contributed by atoms with Crippen LogP contribution in [0.5, 0.6) is 5.75 Å². The predicted octanol–water partition coefficient (Wildman–Crippen LogP) is 3.53. The average Bonchev–Trinajstić information content (AvgIpc) is 3.40. The highest BCUT2D eigenvalue weighted by Gasteiger charge is 2.36. The quantitative estimate of drug-likeness (QED) is 0.416. The first-order valence-electron chi connectivity index (χ1n) is 9.70. The molecule has 2 heterocycles. The molecule has 1 aromatic heterocycles. The second-order valence-corrected chi connectivity index (χ2v) is 7.42. The van der Waals surface area contributed by atoms with Gasteiger partial charge in [0.15, 0.2) is 6.61 Å². The lowest BCUT2D eigenvalue weighted by molar-refractivity contribution is -0.119. The van der Waals surface area contributed by atoms with Crippen molar-refractivity contribution in [1.29, 1.82) is 0 Å². The SMILES string of the molecule is COc1ccc(NC(=O)COC(=O)c2ccc3c(c2)C(=O)N(Cc2ccco2)C3=O)cc1Cl. The third kappa shape index (κ3) is 4.58. The van der Waals surface area contributed by atoms with E-state index in [2.05, 4.69) is 5.32 Å². The zero-order valence-electron chi connectivity index (χ0n) is 17.3. The van der Waals surface area contributed by atoms with Crippen molar-refractivity contribution in [2.45, 2.75) is 6.54 Å². The number of amides is 3. The smallest absolute Gasteiger partial charge is 0.338 e. The summed E-state index contributed by atoms with van der Waals surface area (Å²) in [5, 5.41) is 2.86. The van der Waals surface area contributed by atoms with Gasteiger partial charge < -0.3 is 19.2 Å². The molecule has 0 spiro atoms. The van der Waals surface area contributed by atoms with E-state index in [0.717, 1.165) is 4.90 Å². The molecule has 0 saturated carbocycles. The molecule has 1 N–H and O–H groups in total. The number of methoxy groups -OCH3 is 1. The van der Waals surface area contributed by atoms with Gasteiger partial charge in [-0.15, -0.1) is 0 Å². The van der Waals surface area contributed by atoms with Crippen LogP contribution in [0.15, 0.2) is 59.2 Å². The van der Waals surface area contributed by atoms with Crippen molar-refractivity contribution in [3.8, 4) is 5.75 Å². The highest BCUT2D eigenvalue weighted by molar-refractivity contribution is 6.32. The van der Waals surface area contributed by atoms with Crippen LogP contribution in [0.2, 0.25) is 5.02 Å². The maximum absolute atomic E-state index is 12.7. The van der Waals surface area contributed by atoms with Crippen LogP contribution in [0.4, 0.5) is 5.69 Å². The molecule has 0 fully saturated rings. The first-order valence-corrected chi connectivity index (χ1v) is 10.1. The summed E-state index contributed by atoms with van der Waals surface area (Å²) in [7, 11) is 1.47. The Morgan fingerprint density at radius 1 is 1.06 bits per heavy atom. The monoisotopic (exact) mass is 468 g/mol. The van der Waals surface area contributed by atoms with Gasteiger partial charge in [-0.05, 0) is 48.5 Å². The number of rotatable bonds is 7. The van der Waals surface area contributed by atoms with Crippen LogP contribution in [-0.4, -0.2) is 42.3 Å². The van der Waals surface area contributed by atoms with Gasteiger partial charge >= 0.3 is 5.97 Å². The number of hydrogen-bond acceptors (Lipinski definition) is 7. The van der Waals surface area contributed by atoms with E-state index < -0.39 is 30.3 Å². The molecular weight excluding hydrogens is 452 g/mol. The Morgan fingerprint density at radius 3 is 2.55 bits per heavy atom. The standard InChI is InChI=1S/C23H17ClN2O7/c1-31-19-7-5-14(10-18(19)24)25-20(27)12-33-23(30)13-4-6-16-17(9-13)22(29)26(21(16)28)11-15-3-2-8-32-15/h2-10H,11-12H2,1H3,(H,25,27). The van der Waals surface area contributed by atoms with E-state index in [1.807, 2.05) is 0 Å². The second kappa shape index (κ2) is 9.17. The van der Waals surface area contributed by atoms with Gasteiger partial charge in [0, 0.05) is 5.69 Å². The van der Waals surface area contributed by atoms with E-state index in [-0.39, 0.29) is 23.2 Å². The summed E-state index contributed by atoms with van der Waals surface area (Å²) in [6.45, 7) is -0.578. The van der Waals surface area contributed by atoms with Crippen molar-refractivity contribution in [3.63, 3.8) is 0 Å². The van der Waals surface area contributed by atoms with Crippen molar-refractivity contribution in [1.82, 2.24) is 4.90 Å². The summed E-state index contributed by atoms with van der Waals surface area (Å²) in [5.41, 5.74) is 0.700. The molecule has 4 rings (SSSR count). The number of esters is 1. The van der Waals surface area contributed by atoms with Crippen molar-refractivity contribution in [2.75, 3.05) is 19.0 Å². The molecule has 3 aromatic rings. The van der Waals surface area contributed by atoms with Gasteiger partial charge in [0.25, 0.3) is 17.7 Å². The number of carbonyl (C=O) groups excluding carboxylic acids is 4. The Morgan fingerprint density at radius 2 is 1.85 bits per heavy atom. The summed E-state index contributed by atoms with van der Waals surface area (Å²) < 4.78 is 15.3. The van der Waals surface area contributed by atoms with Crippen LogP contribution < -0.4 is 10.1 Å². The third-order valence-electron chi connectivity index (χ3n) is 4.87. The van der Waals surface area contributed by atoms with Crippen LogP contribution >= 0.6 is 11.6 Å². The minimum atomic E-state index is -0.814. The van der Waals surface area contributed by atoms with Crippen molar-refractivity contribution < 1.29 is 33.1 Å². The molecular formula is C23H17ClN2O7. The van der Waals surface area contributed by atoms with E-state index >= 15 is 0 Å². The predicted molar refractivity (Wildman–Crippen MR) is 116 cm³/mol. The van der Waals surface area contributed by atoms with Crippen LogP contribution in [0.3, 0.4) is 0 Å². The number of carbonyl (C=O) groups is 4. The van der Waals surface area contributed by atoms with Crippen LogP contribution in [0, 0.1) is 0 Å². The third-order valence-corrected chi connectivity index (χ3v) is 5.17. The average molecular weight is 469 g/mol. The van der Waals surface area contributed by atoms with E-state index in [4.69, 9.17) is 25.5 Å². The minimum absolute atomic E-state index is 0.0192. The van der Waals surface area contributed by atoms with Gasteiger partial charge in [-0.2, -0.15) is 0 Å². The molecule has 0 saturated heterocycles. The fourth-order valence-electron chi connectivity index (χ4n) is 3.28. The van der Waals surface area contributed by atoms with Gasteiger partial charge in [0.1, 0.15) is 11.5 Å². The number of furan rings is 1. The lowest BCUT2D eigenvalue weighted by Crippen LogP contribution is -2.28. The molecule has 1 aliphatic heterocycles. The number of ether oxygens (including phenoxy) is 2. The van der Waals surface area contributed by atoms with E-state index in [1.165, 1.54) is 37.6 Å². The zero-order valence-corrected chi connectivity index (χ0v) is 18.0. The number of anilines is 1. The molecule has 0 bridgehead atoms. The Kier molecular flexibility index (Phi) is 6.14. The van der Waals surface area contributed by atoms with Gasteiger partial charge in [-0.1, -0.05) is 11.6 Å². The molecule has 0 radical (unpaired) electrons. The van der Waals surface area contributed by atoms with Gasteiger partial charge in [-0.3, -0.25) is 19.3 Å². The van der Waals surface area contributed by atoms with E-state index in [9.17, 15) is 19.2 Å². The summed E-state index contributed by atoms with van der Waals surface area (Å²) in [5.74, 6) is -1.52. The summed E-state index contributed by atoms with van der Waals surface area (Å²) >= 11 is 6.02. The van der Waals surface area contributed by atoms with Crippen LogP contribution in [0.25, 0.3) is 0 Å². The highest BCUT2D eigenvalue weighted by atomic mass is 35.5. The maximum Gasteiger partial charge on any atom is 0.338 e. The topological polar surface area (TPSA) is 115 Å². The number of fused-ring (bicyclic) bond motifs is 1. The first kappa shape index (κ1) is 22.1. The van der Waals surface area contributed by atoms with Gasteiger partial charge in [0.2, 0.25) is 0 Å². The zero-order chi connectivity index (χ0) is 23.5. The molecule has 168 valence electrons. The summed E-state index contributed by atoms with van der Waals surface area (Å²) in [4.78, 5) is 50.8. The molecule has 0 unspecified atom stereocenters. The molecule has 9 nitrogen and oxygen atoms in total. The number of nitrogens with zero attached hydrogens (tertiary/aromatic N) is 1. The second-order valence-electron chi connectivity index (χ2n) is 7.01. The first-order chi connectivity index (χ1) is 15.9. The molecule has 3 amide bonds. The Hall–Kier alpha value is -4.11. The molecule has 1 aliphatic rings. The summed E-state index contributed by atoms with van der Waals surface area (Å²) in [6, 6.07) is 12.0. The number of benzene rings is 2. The normalized spacial score (nSPS) is 12.5. The largest absolute Gasteiger partial charge is 0.495 e. The van der Waals surface area contributed by atoms with Gasteiger partial charge in [-0.25, -0.2) is 4.79 Å². The van der Waals surface area contributed by atoms with Crippen LogP contribution in [0.1, 0.15) is 36.8 Å². The summed E-state index contributed by atoms with van der Waals surface area (Å²) in [6.07, 6.45) is 1.45. The maximum atomic E-state index is 12.7. The number of hydrogen-bond donors (Lipinski definition) is 1. The van der Waals surface area contributed by atoms with Crippen molar-refractivity contribution >= 4 is 41.0 Å². The molecule has 10 heteroatoms. The molecule has 2 aromatic carbocycles. The Bertz CT molecular complexity index is 1250. The lowest BCUT2D eigenvalue weighted by atomic mass is 10.1. The van der Waals surface area contributed by atoms with Crippen molar-refractivity contribution in [3.05, 3.63) is 82.3 Å². The lowest BCUT2D eigenvalue weighted by Gasteiger charge is -2.11. The molecule has 0 atom stereocenters. The highest BCUT2D eigenvalue weighted by Crippen LogP contribution is 2.28. The number of halogens is 1. The fraction of sp³-hybridized carbons (Fsp3) is 0.130. The molecule has 0 aliphatic carbocycles.